The van der Waals surface area contributed by atoms with Crippen molar-refractivity contribution >= 4 is 0 Å². The molecule has 1 fully saturated rings. The van der Waals surface area contributed by atoms with Gasteiger partial charge in [-0.3, -0.25) is 4.90 Å². The van der Waals surface area contributed by atoms with Crippen LogP contribution in [0.1, 0.15) is 5.56 Å². The molecule has 2 heterocycles. The van der Waals surface area contributed by atoms with Crippen LogP contribution in [0.3, 0.4) is 0 Å². The molecule has 0 aromatic heterocycles. The molecule has 156 valence electrons. The Morgan fingerprint density at radius 1 is 1.10 bits per heavy atom. The van der Waals surface area contributed by atoms with Gasteiger partial charge in [-0.1, -0.05) is 30.3 Å². The molecule has 7 heteroatoms. The third kappa shape index (κ3) is 5.83. The van der Waals surface area contributed by atoms with Crippen molar-refractivity contribution in [2.24, 2.45) is 0 Å². The SMILES string of the molecule is OC(COCc1ccccc1)CN1CCOC(COc2ccc3c(c2)OCO3)C1. The minimum Gasteiger partial charge on any atom is -0.491 e. The third-order valence-corrected chi connectivity index (χ3v) is 4.89. The Morgan fingerprint density at radius 2 is 1.97 bits per heavy atom. The Hall–Kier alpha value is -2.32. The van der Waals surface area contributed by atoms with Crippen LogP contribution in [0.25, 0.3) is 0 Å². The Kier molecular flexibility index (Phi) is 6.84. The van der Waals surface area contributed by atoms with Crippen LogP contribution in [-0.2, 0) is 16.1 Å². The quantitative estimate of drug-likeness (QED) is 0.690. The molecule has 2 aliphatic rings. The van der Waals surface area contributed by atoms with E-state index in [1.54, 1.807) is 0 Å². The zero-order chi connectivity index (χ0) is 19.9. The van der Waals surface area contributed by atoms with Crippen LogP contribution in [0.2, 0.25) is 0 Å². The predicted octanol–water partition coefficient (Wildman–Crippen LogP) is 2.07. The molecule has 4 rings (SSSR count). The monoisotopic (exact) mass is 401 g/mol. The smallest absolute Gasteiger partial charge is 0.231 e. The number of aliphatic hydroxyl groups is 1. The summed E-state index contributed by atoms with van der Waals surface area (Å²) >= 11 is 0. The van der Waals surface area contributed by atoms with E-state index in [1.165, 1.54) is 0 Å². The van der Waals surface area contributed by atoms with Crippen LogP contribution in [0.15, 0.2) is 48.5 Å². The summed E-state index contributed by atoms with van der Waals surface area (Å²) in [5, 5.41) is 10.3. The van der Waals surface area contributed by atoms with Crippen LogP contribution in [0, 0.1) is 0 Å². The zero-order valence-electron chi connectivity index (χ0n) is 16.4. The number of fused-ring (bicyclic) bond motifs is 1. The van der Waals surface area contributed by atoms with Crippen molar-refractivity contribution in [2.45, 2.75) is 18.8 Å². The summed E-state index contributed by atoms with van der Waals surface area (Å²) in [6.45, 7) is 4.17. The second kappa shape index (κ2) is 9.93. The van der Waals surface area contributed by atoms with Gasteiger partial charge in [0.15, 0.2) is 11.5 Å². The molecular formula is C22H27NO6. The van der Waals surface area contributed by atoms with Gasteiger partial charge in [0.25, 0.3) is 0 Å². The van der Waals surface area contributed by atoms with Crippen molar-refractivity contribution in [3.05, 3.63) is 54.1 Å². The van der Waals surface area contributed by atoms with Crippen LogP contribution < -0.4 is 14.2 Å². The lowest BCUT2D eigenvalue weighted by atomic mass is 10.2. The van der Waals surface area contributed by atoms with Crippen molar-refractivity contribution in [3.63, 3.8) is 0 Å². The second-order valence-electron chi connectivity index (χ2n) is 7.23. The van der Waals surface area contributed by atoms with E-state index in [1.807, 2.05) is 48.5 Å². The van der Waals surface area contributed by atoms with E-state index in [4.69, 9.17) is 23.7 Å². The van der Waals surface area contributed by atoms with Gasteiger partial charge in [0.1, 0.15) is 18.5 Å². The maximum absolute atomic E-state index is 10.3. The summed E-state index contributed by atoms with van der Waals surface area (Å²) in [7, 11) is 0. The fourth-order valence-corrected chi connectivity index (χ4v) is 3.44. The lowest BCUT2D eigenvalue weighted by molar-refractivity contribution is -0.0654. The average molecular weight is 401 g/mol. The van der Waals surface area contributed by atoms with Crippen molar-refractivity contribution in [2.75, 3.05) is 46.2 Å². The van der Waals surface area contributed by atoms with E-state index >= 15 is 0 Å². The van der Waals surface area contributed by atoms with Crippen molar-refractivity contribution in [3.8, 4) is 17.2 Å². The summed E-state index contributed by atoms with van der Waals surface area (Å²) in [5.41, 5.74) is 1.10. The summed E-state index contributed by atoms with van der Waals surface area (Å²) < 4.78 is 28.0. The molecule has 0 saturated carbocycles. The minimum atomic E-state index is -0.535. The standard InChI is InChI=1S/C22H27NO6/c24-18(14-25-13-17-4-2-1-3-5-17)11-23-8-9-26-20(12-23)15-27-19-6-7-21-22(10-19)29-16-28-21/h1-7,10,18,20,24H,8-9,11-16H2. The summed E-state index contributed by atoms with van der Waals surface area (Å²) in [4.78, 5) is 2.19. The highest BCUT2D eigenvalue weighted by Crippen LogP contribution is 2.35. The van der Waals surface area contributed by atoms with Crippen LogP contribution in [0.4, 0.5) is 0 Å². The molecule has 2 aliphatic heterocycles. The molecule has 29 heavy (non-hydrogen) atoms. The average Bonchev–Trinajstić information content (AvgIpc) is 3.21. The van der Waals surface area contributed by atoms with Crippen LogP contribution in [0.5, 0.6) is 17.2 Å². The number of β-amino-alcohol motifs (C(OH)–C–C–N with tert-alkyl or cyclic N) is 1. The largest absolute Gasteiger partial charge is 0.491 e. The Labute approximate surface area is 170 Å². The van der Waals surface area contributed by atoms with Gasteiger partial charge in [0.05, 0.1) is 25.9 Å². The Bertz CT molecular complexity index is 771. The second-order valence-corrected chi connectivity index (χ2v) is 7.23. The molecule has 2 unspecified atom stereocenters. The summed E-state index contributed by atoms with van der Waals surface area (Å²) in [5.74, 6) is 2.16. The summed E-state index contributed by atoms with van der Waals surface area (Å²) in [6.07, 6.45) is -0.584. The van der Waals surface area contributed by atoms with E-state index in [-0.39, 0.29) is 12.9 Å². The molecule has 2 atom stereocenters. The van der Waals surface area contributed by atoms with Gasteiger partial charge in [-0.05, 0) is 17.7 Å². The number of nitrogens with zero attached hydrogens (tertiary/aromatic N) is 1. The molecule has 0 spiro atoms. The first-order valence-electron chi connectivity index (χ1n) is 9.92. The van der Waals surface area contributed by atoms with Crippen molar-refractivity contribution in [1.82, 2.24) is 4.90 Å². The first-order chi connectivity index (χ1) is 14.3. The number of aliphatic hydroxyl groups excluding tert-OH is 1. The summed E-state index contributed by atoms with van der Waals surface area (Å²) in [6, 6.07) is 15.5. The number of benzene rings is 2. The molecule has 0 bridgehead atoms. The van der Waals surface area contributed by atoms with Gasteiger partial charge in [0, 0.05) is 25.7 Å². The van der Waals surface area contributed by atoms with Gasteiger partial charge in [-0.25, -0.2) is 0 Å². The number of hydrogen-bond donors (Lipinski definition) is 1. The minimum absolute atomic E-state index is 0.0494. The molecule has 0 aliphatic carbocycles. The van der Waals surface area contributed by atoms with Gasteiger partial charge in [-0.2, -0.15) is 0 Å². The molecule has 1 N–H and O–H groups in total. The normalized spacial score (nSPS) is 19.8. The number of morpholine rings is 1. The predicted molar refractivity (Wildman–Crippen MR) is 106 cm³/mol. The molecule has 0 amide bonds. The number of hydrogen-bond acceptors (Lipinski definition) is 7. The van der Waals surface area contributed by atoms with Gasteiger partial charge >= 0.3 is 0 Å². The van der Waals surface area contributed by atoms with Crippen LogP contribution in [-0.4, -0.2) is 68.5 Å². The highest BCUT2D eigenvalue weighted by Gasteiger charge is 2.23. The van der Waals surface area contributed by atoms with Crippen molar-refractivity contribution < 1.29 is 28.8 Å². The topological polar surface area (TPSA) is 69.6 Å². The lowest BCUT2D eigenvalue weighted by Crippen LogP contribution is -2.48. The van der Waals surface area contributed by atoms with E-state index in [9.17, 15) is 5.11 Å². The Morgan fingerprint density at radius 3 is 2.86 bits per heavy atom. The highest BCUT2D eigenvalue weighted by molar-refractivity contribution is 5.46. The van der Waals surface area contributed by atoms with Gasteiger partial charge in [0.2, 0.25) is 6.79 Å². The van der Waals surface area contributed by atoms with Crippen LogP contribution >= 0.6 is 0 Å². The zero-order valence-corrected chi connectivity index (χ0v) is 16.4. The molecular weight excluding hydrogens is 374 g/mol. The highest BCUT2D eigenvalue weighted by atomic mass is 16.7. The first kappa shape index (κ1) is 20.0. The van der Waals surface area contributed by atoms with E-state index < -0.39 is 6.10 Å². The molecule has 2 aromatic carbocycles. The van der Waals surface area contributed by atoms with Crippen molar-refractivity contribution in [1.29, 1.82) is 0 Å². The maximum Gasteiger partial charge on any atom is 0.231 e. The fourth-order valence-electron chi connectivity index (χ4n) is 3.44. The molecule has 1 saturated heterocycles. The van der Waals surface area contributed by atoms with E-state index in [0.29, 0.717) is 45.3 Å². The van der Waals surface area contributed by atoms with E-state index in [0.717, 1.165) is 23.6 Å². The lowest BCUT2D eigenvalue weighted by Gasteiger charge is -2.33. The number of rotatable bonds is 9. The maximum atomic E-state index is 10.3. The molecule has 0 radical (unpaired) electrons. The third-order valence-electron chi connectivity index (χ3n) is 4.89. The van der Waals surface area contributed by atoms with E-state index in [2.05, 4.69) is 4.90 Å². The van der Waals surface area contributed by atoms with Gasteiger partial charge < -0.3 is 28.8 Å². The fraction of sp³-hybridized carbons (Fsp3) is 0.455. The molecule has 2 aromatic rings. The first-order valence-corrected chi connectivity index (χ1v) is 9.92. The number of ether oxygens (including phenoxy) is 5. The van der Waals surface area contributed by atoms with Gasteiger partial charge in [-0.15, -0.1) is 0 Å². The molecule has 7 nitrogen and oxygen atoms in total. The Balaban J connectivity index is 1.17.